The van der Waals surface area contributed by atoms with E-state index in [-0.39, 0.29) is 11.1 Å². The maximum absolute atomic E-state index is 5.54. The Kier molecular flexibility index (Phi) is 5.32. The molecule has 1 aliphatic heterocycles. The molecule has 0 bridgehead atoms. The minimum Gasteiger partial charge on any atom is -0.353 e. The summed E-state index contributed by atoms with van der Waals surface area (Å²) in [5.41, 5.74) is 0. The molecule has 1 fully saturated rings. The molecular weight excluding hydrogens is 199 g/mol. The number of ether oxygens (including phenoxy) is 2. The van der Waals surface area contributed by atoms with E-state index in [1.807, 2.05) is 0 Å². The maximum atomic E-state index is 5.54. The highest BCUT2D eigenvalue weighted by Crippen LogP contribution is 2.15. The van der Waals surface area contributed by atoms with Gasteiger partial charge in [0.25, 0.3) is 0 Å². The average molecular weight is 213 g/mol. The van der Waals surface area contributed by atoms with Crippen molar-refractivity contribution in [2.75, 3.05) is 13.2 Å². The van der Waals surface area contributed by atoms with E-state index in [0.717, 1.165) is 19.4 Å². The van der Waals surface area contributed by atoms with Crippen molar-refractivity contribution >= 4 is 23.2 Å². The minimum atomic E-state index is -0.325. The van der Waals surface area contributed by atoms with Crippen molar-refractivity contribution in [3.8, 4) is 0 Å². The normalized spacial score (nSPS) is 24.8. The van der Waals surface area contributed by atoms with E-state index in [4.69, 9.17) is 32.7 Å². The van der Waals surface area contributed by atoms with Crippen LogP contribution in [-0.2, 0) is 9.47 Å². The van der Waals surface area contributed by atoms with Crippen molar-refractivity contribution < 1.29 is 9.47 Å². The van der Waals surface area contributed by atoms with Crippen molar-refractivity contribution in [3.05, 3.63) is 0 Å². The summed E-state index contributed by atoms with van der Waals surface area (Å²) >= 11 is 11.1. The van der Waals surface area contributed by atoms with E-state index < -0.39 is 0 Å². The average Bonchev–Trinajstić information content (AvgIpc) is 2.05. The summed E-state index contributed by atoms with van der Waals surface area (Å²) in [4.78, 5) is -0.325. The number of alkyl halides is 2. The number of rotatable bonds is 4. The first-order valence-electron chi connectivity index (χ1n) is 4.30. The van der Waals surface area contributed by atoms with Crippen LogP contribution in [0.25, 0.3) is 0 Å². The second kappa shape index (κ2) is 6.03. The zero-order valence-corrected chi connectivity index (χ0v) is 8.48. The van der Waals surface area contributed by atoms with Gasteiger partial charge in [-0.25, -0.2) is 0 Å². The van der Waals surface area contributed by atoms with E-state index in [1.54, 1.807) is 0 Å². The fourth-order valence-electron chi connectivity index (χ4n) is 1.13. The van der Waals surface area contributed by atoms with Crippen LogP contribution in [-0.4, -0.2) is 24.3 Å². The van der Waals surface area contributed by atoms with E-state index in [2.05, 4.69) is 0 Å². The first-order valence-corrected chi connectivity index (χ1v) is 5.17. The van der Waals surface area contributed by atoms with Gasteiger partial charge in [0.1, 0.15) is 4.84 Å². The Morgan fingerprint density at radius 1 is 1.42 bits per heavy atom. The van der Waals surface area contributed by atoms with E-state index >= 15 is 0 Å². The van der Waals surface area contributed by atoms with Crippen LogP contribution in [0.2, 0.25) is 0 Å². The van der Waals surface area contributed by atoms with Gasteiger partial charge in [-0.3, -0.25) is 0 Å². The maximum Gasteiger partial charge on any atom is 0.157 e. The molecule has 1 heterocycles. The fourth-order valence-corrected chi connectivity index (χ4v) is 1.31. The number of hydrogen-bond acceptors (Lipinski definition) is 2. The Labute approximate surface area is 83.1 Å². The van der Waals surface area contributed by atoms with Crippen LogP contribution in [0.5, 0.6) is 0 Å². The molecule has 0 aromatic carbocycles. The van der Waals surface area contributed by atoms with Crippen molar-refractivity contribution in [2.45, 2.75) is 36.8 Å². The first-order chi connectivity index (χ1) is 5.79. The van der Waals surface area contributed by atoms with Gasteiger partial charge < -0.3 is 9.47 Å². The summed E-state index contributed by atoms with van der Waals surface area (Å²) in [6, 6.07) is 0. The van der Waals surface area contributed by atoms with E-state index in [1.165, 1.54) is 6.42 Å². The highest BCUT2D eigenvalue weighted by Gasteiger charge is 2.13. The van der Waals surface area contributed by atoms with Crippen LogP contribution in [0, 0.1) is 0 Å². The van der Waals surface area contributed by atoms with Gasteiger partial charge >= 0.3 is 0 Å². The lowest BCUT2D eigenvalue weighted by Crippen LogP contribution is -2.23. The van der Waals surface area contributed by atoms with Gasteiger partial charge in [-0.15, -0.1) is 23.2 Å². The molecule has 1 rings (SSSR count). The molecular formula is C8H14Cl2O2. The molecule has 0 saturated carbocycles. The van der Waals surface area contributed by atoms with Crippen molar-refractivity contribution in [1.29, 1.82) is 0 Å². The van der Waals surface area contributed by atoms with Gasteiger partial charge in [0.2, 0.25) is 0 Å². The highest BCUT2D eigenvalue weighted by molar-refractivity contribution is 6.44. The number of halogens is 2. The Hall–Kier alpha value is 0.500. The third-order valence-electron chi connectivity index (χ3n) is 1.78. The molecule has 0 N–H and O–H groups in total. The summed E-state index contributed by atoms with van der Waals surface area (Å²) in [6.45, 7) is 1.40. The summed E-state index contributed by atoms with van der Waals surface area (Å²) in [7, 11) is 0. The molecule has 0 aromatic rings. The summed E-state index contributed by atoms with van der Waals surface area (Å²) in [6.07, 6.45) is 3.98. The monoisotopic (exact) mass is 212 g/mol. The van der Waals surface area contributed by atoms with Crippen LogP contribution in [0.3, 0.4) is 0 Å². The third kappa shape index (κ3) is 4.51. The Morgan fingerprint density at radius 3 is 2.83 bits per heavy atom. The van der Waals surface area contributed by atoms with Gasteiger partial charge in [-0.2, -0.15) is 0 Å². The molecule has 0 radical (unpaired) electrons. The molecule has 0 amide bonds. The van der Waals surface area contributed by atoms with Crippen LogP contribution in [0.4, 0.5) is 0 Å². The van der Waals surface area contributed by atoms with Crippen molar-refractivity contribution in [2.24, 2.45) is 0 Å². The van der Waals surface area contributed by atoms with Gasteiger partial charge in [0, 0.05) is 13.0 Å². The summed E-state index contributed by atoms with van der Waals surface area (Å²) in [5.74, 6) is 0. The smallest absolute Gasteiger partial charge is 0.157 e. The molecule has 0 aliphatic carbocycles. The number of hydrogen-bond donors (Lipinski definition) is 0. The first kappa shape index (κ1) is 10.6. The van der Waals surface area contributed by atoms with E-state index in [0.29, 0.717) is 13.0 Å². The summed E-state index contributed by atoms with van der Waals surface area (Å²) in [5, 5.41) is 0. The lowest BCUT2D eigenvalue weighted by molar-refractivity contribution is -0.162. The lowest BCUT2D eigenvalue weighted by Gasteiger charge is -2.22. The predicted octanol–water partition coefficient (Wildman–Crippen LogP) is 2.72. The molecule has 1 atom stereocenters. The molecule has 0 aromatic heterocycles. The molecule has 12 heavy (non-hydrogen) atoms. The fraction of sp³-hybridized carbons (Fsp3) is 1.00. The minimum absolute atomic E-state index is 0.0224. The lowest BCUT2D eigenvalue weighted by atomic mass is 10.2. The van der Waals surface area contributed by atoms with Gasteiger partial charge in [-0.05, 0) is 19.3 Å². The largest absolute Gasteiger partial charge is 0.353 e. The van der Waals surface area contributed by atoms with Gasteiger partial charge in [0.05, 0.1) is 6.61 Å². The molecule has 1 aliphatic rings. The van der Waals surface area contributed by atoms with Crippen LogP contribution in [0.15, 0.2) is 0 Å². The zero-order valence-electron chi connectivity index (χ0n) is 6.97. The molecule has 1 unspecified atom stereocenters. The molecule has 2 nitrogen and oxygen atoms in total. The Balaban J connectivity index is 1.98. The second-order valence-electron chi connectivity index (χ2n) is 2.85. The standard InChI is InChI=1S/C8H14Cl2O2/c9-7(10)4-6-12-8-3-1-2-5-11-8/h7-8H,1-6H2. The Bertz CT molecular complexity index is 114. The predicted molar refractivity (Wildman–Crippen MR) is 49.7 cm³/mol. The van der Waals surface area contributed by atoms with Crippen LogP contribution < -0.4 is 0 Å². The zero-order chi connectivity index (χ0) is 8.81. The highest BCUT2D eigenvalue weighted by atomic mass is 35.5. The van der Waals surface area contributed by atoms with Gasteiger partial charge in [0.15, 0.2) is 6.29 Å². The second-order valence-corrected chi connectivity index (χ2v) is 4.12. The van der Waals surface area contributed by atoms with Gasteiger partial charge in [-0.1, -0.05) is 0 Å². The SMILES string of the molecule is ClC(Cl)CCOC1CCCCO1. The van der Waals surface area contributed by atoms with Crippen LogP contribution in [0.1, 0.15) is 25.7 Å². The Morgan fingerprint density at radius 2 is 2.25 bits per heavy atom. The van der Waals surface area contributed by atoms with Crippen molar-refractivity contribution in [3.63, 3.8) is 0 Å². The summed E-state index contributed by atoms with van der Waals surface area (Å²) < 4.78 is 10.8. The van der Waals surface area contributed by atoms with E-state index in [9.17, 15) is 0 Å². The molecule has 1 saturated heterocycles. The molecule has 0 spiro atoms. The van der Waals surface area contributed by atoms with Crippen LogP contribution >= 0.6 is 23.2 Å². The molecule has 72 valence electrons. The quantitative estimate of drug-likeness (QED) is 0.668. The molecule has 4 heteroatoms. The van der Waals surface area contributed by atoms with Crippen molar-refractivity contribution in [1.82, 2.24) is 0 Å². The topological polar surface area (TPSA) is 18.5 Å². The third-order valence-corrected chi connectivity index (χ3v) is 2.21.